The van der Waals surface area contributed by atoms with Crippen molar-refractivity contribution in [3.63, 3.8) is 0 Å². The number of rotatable bonds is 3. The zero-order valence-corrected chi connectivity index (χ0v) is 10.7. The maximum absolute atomic E-state index is 5.60. The number of aromatic nitrogens is 1. The molecule has 0 aliphatic carbocycles. The van der Waals surface area contributed by atoms with Crippen molar-refractivity contribution in [1.29, 1.82) is 0 Å². The molecule has 1 fully saturated rings. The summed E-state index contributed by atoms with van der Waals surface area (Å²) in [7, 11) is 0. The van der Waals surface area contributed by atoms with Crippen molar-refractivity contribution in [2.45, 2.75) is 39.2 Å². The smallest absolute Gasteiger partial charge is 0.123 e. The molecule has 3 heteroatoms. The van der Waals surface area contributed by atoms with E-state index in [-0.39, 0.29) is 0 Å². The molecule has 2 N–H and O–H groups in total. The SMILES string of the molecule is CCC1CCCN(Cc2ccc(N)nc2)CC1. The Bertz CT molecular complexity index is 334. The summed E-state index contributed by atoms with van der Waals surface area (Å²) in [5.74, 6) is 1.54. The van der Waals surface area contributed by atoms with Gasteiger partial charge >= 0.3 is 0 Å². The van der Waals surface area contributed by atoms with Crippen molar-refractivity contribution >= 4 is 5.82 Å². The Balaban J connectivity index is 1.88. The van der Waals surface area contributed by atoms with Crippen molar-refractivity contribution in [3.8, 4) is 0 Å². The van der Waals surface area contributed by atoms with E-state index in [9.17, 15) is 0 Å². The summed E-state index contributed by atoms with van der Waals surface area (Å²) in [5.41, 5.74) is 6.87. The molecule has 0 amide bonds. The summed E-state index contributed by atoms with van der Waals surface area (Å²) in [4.78, 5) is 6.69. The molecule has 2 heterocycles. The highest BCUT2D eigenvalue weighted by Gasteiger charge is 2.15. The molecule has 1 aliphatic heterocycles. The fourth-order valence-electron chi connectivity index (χ4n) is 2.58. The maximum atomic E-state index is 5.60. The first-order chi connectivity index (χ1) is 8.28. The second-order valence-electron chi connectivity index (χ2n) is 5.07. The summed E-state index contributed by atoms with van der Waals surface area (Å²) < 4.78 is 0. The second-order valence-corrected chi connectivity index (χ2v) is 5.07. The molecular weight excluding hydrogens is 210 g/mol. The minimum atomic E-state index is 0.607. The van der Waals surface area contributed by atoms with E-state index in [0.29, 0.717) is 5.82 Å². The lowest BCUT2D eigenvalue weighted by Crippen LogP contribution is -2.24. The number of pyridine rings is 1. The van der Waals surface area contributed by atoms with Gasteiger partial charge in [-0.25, -0.2) is 4.98 Å². The Morgan fingerprint density at radius 3 is 2.94 bits per heavy atom. The molecule has 2 rings (SSSR count). The van der Waals surface area contributed by atoms with Crippen LogP contribution in [0.15, 0.2) is 18.3 Å². The fraction of sp³-hybridized carbons (Fsp3) is 0.643. The summed E-state index contributed by atoms with van der Waals surface area (Å²) >= 11 is 0. The van der Waals surface area contributed by atoms with Crippen LogP contribution >= 0.6 is 0 Å². The molecule has 1 aliphatic rings. The van der Waals surface area contributed by atoms with E-state index >= 15 is 0 Å². The van der Waals surface area contributed by atoms with Gasteiger partial charge in [-0.1, -0.05) is 19.4 Å². The lowest BCUT2D eigenvalue weighted by atomic mass is 9.98. The van der Waals surface area contributed by atoms with Crippen LogP contribution in [0.4, 0.5) is 5.82 Å². The molecule has 1 aromatic heterocycles. The highest BCUT2D eigenvalue weighted by molar-refractivity contribution is 5.29. The van der Waals surface area contributed by atoms with E-state index in [4.69, 9.17) is 5.73 Å². The van der Waals surface area contributed by atoms with Gasteiger partial charge in [0, 0.05) is 12.7 Å². The molecule has 1 unspecified atom stereocenters. The van der Waals surface area contributed by atoms with E-state index in [2.05, 4.69) is 22.9 Å². The molecular formula is C14H23N3. The van der Waals surface area contributed by atoms with Crippen LogP contribution in [0.5, 0.6) is 0 Å². The number of nitrogen functional groups attached to an aromatic ring is 1. The van der Waals surface area contributed by atoms with Crippen LogP contribution in [0.2, 0.25) is 0 Å². The lowest BCUT2D eigenvalue weighted by molar-refractivity contribution is 0.272. The Hall–Kier alpha value is -1.09. The Morgan fingerprint density at radius 2 is 2.24 bits per heavy atom. The van der Waals surface area contributed by atoms with Gasteiger partial charge in [0.25, 0.3) is 0 Å². The highest BCUT2D eigenvalue weighted by Crippen LogP contribution is 2.21. The molecule has 0 bridgehead atoms. The predicted octanol–water partition coefficient (Wildman–Crippen LogP) is 2.68. The standard InChI is InChI=1S/C14H23N3/c1-2-12-4-3-8-17(9-7-12)11-13-5-6-14(15)16-10-13/h5-6,10,12H,2-4,7-9,11H2,1H3,(H2,15,16). The molecule has 0 saturated carbocycles. The number of hydrogen-bond acceptors (Lipinski definition) is 3. The fourth-order valence-corrected chi connectivity index (χ4v) is 2.58. The average molecular weight is 233 g/mol. The quantitative estimate of drug-likeness (QED) is 0.872. The van der Waals surface area contributed by atoms with E-state index < -0.39 is 0 Å². The van der Waals surface area contributed by atoms with Gasteiger partial charge in [0.2, 0.25) is 0 Å². The first kappa shape index (κ1) is 12.4. The molecule has 3 nitrogen and oxygen atoms in total. The van der Waals surface area contributed by atoms with Crippen LogP contribution in [0.1, 0.15) is 38.2 Å². The number of hydrogen-bond donors (Lipinski definition) is 1. The summed E-state index contributed by atoms with van der Waals surface area (Å²) in [6.45, 7) is 5.78. The Morgan fingerprint density at radius 1 is 1.35 bits per heavy atom. The number of likely N-dealkylation sites (tertiary alicyclic amines) is 1. The summed E-state index contributed by atoms with van der Waals surface area (Å²) in [6.07, 6.45) is 7.31. The van der Waals surface area contributed by atoms with Crippen LogP contribution < -0.4 is 5.73 Å². The Labute approximate surface area is 104 Å². The summed E-state index contributed by atoms with van der Waals surface area (Å²) in [6, 6.07) is 3.98. The number of anilines is 1. The predicted molar refractivity (Wildman–Crippen MR) is 71.6 cm³/mol. The largest absolute Gasteiger partial charge is 0.384 e. The lowest BCUT2D eigenvalue weighted by Gasteiger charge is -2.19. The molecule has 1 atom stereocenters. The van der Waals surface area contributed by atoms with Gasteiger partial charge in [0.1, 0.15) is 5.82 Å². The molecule has 17 heavy (non-hydrogen) atoms. The normalized spacial score (nSPS) is 22.3. The van der Waals surface area contributed by atoms with E-state index in [1.807, 2.05) is 12.3 Å². The number of nitrogens with zero attached hydrogens (tertiary/aromatic N) is 2. The van der Waals surface area contributed by atoms with Crippen molar-refractivity contribution < 1.29 is 0 Å². The van der Waals surface area contributed by atoms with Crippen molar-refractivity contribution in [2.75, 3.05) is 18.8 Å². The third kappa shape index (κ3) is 3.70. The third-order valence-corrected chi connectivity index (χ3v) is 3.77. The first-order valence-electron chi connectivity index (χ1n) is 6.70. The van der Waals surface area contributed by atoms with Gasteiger partial charge in [-0.05, 0) is 49.9 Å². The van der Waals surface area contributed by atoms with Crippen molar-refractivity contribution in [2.24, 2.45) is 5.92 Å². The van der Waals surface area contributed by atoms with E-state index in [0.717, 1.165) is 12.5 Å². The molecule has 1 saturated heterocycles. The zero-order chi connectivity index (χ0) is 12.1. The van der Waals surface area contributed by atoms with Crippen molar-refractivity contribution in [3.05, 3.63) is 23.9 Å². The van der Waals surface area contributed by atoms with E-state index in [1.54, 1.807) is 0 Å². The van der Waals surface area contributed by atoms with Crippen LogP contribution in [-0.4, -0.2) is 23.0 Å². The van der Waals surface area contributed by atoms with Gasteiger partial charge in [0.15, 0.2) is 0 Å². The van der Waals surface area contributed by atoms with Crippen molar-refractivity contribution in [1.82, 2.24) is 9.88 Å². The van der Waals surface area contributed by atoms with Gasteiger partial charge < -0.3 is 5.73 Å². The first-order valence-corrected chi connectivity index (χ1v) is 6.70. The van der Waals surface area contributed by atoms with Crippen LogP contribution in [-0.2, 0) is 6.54 Å². The van der Waals surface area contributed by atoms with Crippen LogP contribution in [0, 0.1) is 5.92 Å². The molecule has 0 radical (unpaired) electrons. The zero-order valence-electron chi connectivity index (χ0n) is 10.7. The van der Waals surface area contributed by atoms with Gasteiger partial charge in [-0.2, -0.15) is 0 Å². The minimum absolute atomic E-state index is 0.607. The summed E-state index contributed by atoms with van der Waals surface area (Å²) in [5, 5.41) is 0. The van der Waals surface area contributed by atoms with Crippen LogP contribution in [0.3, 0.4) is 0 Å². The van der Waals surface area contributed by atoms with E-state index in [1.165, 1.54) is 44.3 Å². The van der Waals surface area contributed by atoms with Gasteiger partial charge in [-0.15, -0.1) is 0 Å². The molecule has 0 spiro atoms. The Kier molecular flexibility index (Phi) is 4.37. The number of nitrogens with two attached hydrogens (primary N) is 1. The highest BCUT2D eigenvalue weighted by atomic mass is 15.1. The minimum Gasteiger partial charge on any atom is -0.384 e. The third-order valence-electron chi connectivity index (χ3n) is 3.77. The molecule has 0 aromatic carbocycles. The second kappa shape index (κ2) is 6.01. The van der Waals surface area contributed by atoms with Crippen LogP contribution in [0.25, 0.3) is 0 Å². The van der Waals surface area contributed by atoms with Gasteiger partial charge in [0.05, 0.1) is 0 Å². The van der Waals surface area contributed by atoms with Gasteiger partial charge in [-0.3, -0.25) is 4.90 Å². The monoisotopic (exact) mass is 233 g/mol. The average Bonchev–Trinajstić information content (AvgIpc) is 2.57. The maximum Gasteiger partial charge on any atom is 0.123 e. The topological polar surface area (TPSA) is 42.1 Å². The molecule has 94 valence electrons. The molecule has 1 aromatic rings.